The van der Waals surface area contributed by atoms with Crippen LogP contribution in [0.25, 0.3) is 0 Å². The summed E-state index contributed by atoms with van der Waals surface area (Å²) in [5.41, 5.74) is -0.398. The molecular weight excluding hydrogens is 211 g/mol. The van der Waals surface area contributed by atoms with E-state index >= 15 is 0 Å². The first-order valence-corrected chi connectivity index (χ1v) is 4.03. The number of rotatable bonds is 3. The molecule has 0 saturated carbocycles. The number of halogens is 3. The van der Waals surface area contributed by atoms with E-state index in [1.807, 2.05) is 0 Å². The van der Waals surface area contributed by atoms with E-state index in [4.69, 9.17) is 4.74 Å². The molecule has 0 bridgehead atoms. The van der Waals surface area contributed by atoms with E-state index in [0.717, 1.165) is 0 Å². The number of benzene rings is 1. The van der Waals surface area contributed by atoms with Crippen molar-refractivity contribution in [3.63, 3.8) is 0 Å². The molecule has 0 atom stereocenters. The average molecular weight is 219 g/mol. The Morgan fingerprint density at radius 1 is 1.40 bits per heavy atom. The van der Waals surface area contributed by atoms with Gasteiger partial charge in [-0.1, -0.05) is 6.07 Å². The first-order valence-electron chi connectivity index (χ1n) is 4.03. The number of hydrogen-bond acceptors (Lipinski definition) is 3. The fourth-order valence-corrected chi connectivity index (χ4v) is 1.12. The molecule has 0 aromatic heterocycles. The lowest BCUT2D eigenvalue weighted by Crippen LogP contribution is -2.11. The highest BCUT2D eigenvalue weighted by atomic mass is 19.4. The van der Waals surface area contributed by atoms with Crippen LogP contribution in [0.3, 0.4) is 0 Å². The normalized spacial score (nSPS) is 11.2. The third-order valence-corrected chi connectivity index (χ3v) is 1.78. The second-order valence-corrected chi connectivity index (χ2v) is 2.88. The van der Waals surface area contributed by atoms with Crippen LogP contribution in [-0.2, 0) is 6.42 Å². The summed E-state index contributed by atoms with van der Waals surface area (Å²) in [6, 6.07) is 3.72. The van der Waals surface area contributed by atoms with Crippen LogP contribution >= 0.6 is 0 Å². The van der Waals surface area contributed by atoms with Crippen molar-refractivity contribution in [2.24, 2.45) is 5.18 Å². The van der Waals surface area contributed by atoms with Crippen LogP contribution in [0, 0.1) is 4.91 Å². The summed E-state index contributed by atoms with van der Waals surface area (Å²) < 4.78 is 41.0. The fourth-order valence-electron chi connectivity index (χ4n) is 1.12. The van der Waals surface area contributed by atoms with E-state index in [0.29, 0.717) is 5.75 Å². The summed E-state index contributed by atoms with van der Waals surface area (Å²) in [5.74, 6) is 0.301. The Morgan fingerprint density at radius 3 is 2.53 bits per heavy atom. The summed E-state index contributed by atoms with van der Waals surface area (Å²) in [4.78, 5) is 10.3. The number of alkyl halides is 3. The van der Waals surface area contributed by atoms with Crippen LogP contribution in [0.1, 0.15) is 5.56 Å². The molecular formula is C9H8F3NO2. The molecule has 0 aliphatic carbocycles. The summed E-state index contributed by atoms with van der Waals surface area (Å²) in [6.45, 7) is 0. The van der Waals surface area contributed by atoms with Crippen LogP contribution in [0.5, 0.6) is 5.75 Å². The molecule has 6 heteroatoms. The van der Waals surface area contributed by atoms with E-state index in [9.17, 15) is 18.1 Å². The number of hydrogen-bond donors (Lipinski definition) is 0. The zero-order valence-electron chi connectivity index (χ0n) is 7.84. The Balaban J connectivity index is 3.03. The van der Waals surface area contributed by atoms with Crippen molar-refractivity contribution in [3.8, 4) is 5.75 Å². The lowest BCUT2D eigenvalue weighted by Gasteiger charge is -2.08. The molecule has 3 nitrogen and oxygen atoms in total. The first-order chi connectivity index (χ1) is 6.96. The minimum atomic E-state index is -4.35. The average Bonchev–Trinajstić information content (AvgIpc) is 2.16. The number of nitroso groups, excluding NO2 is 1. The highest BCUT2D eigenvalue weighted by Crippen LogP contribution is 2.30. The summed E-state index contributed by atoms with van der Waals surface area (Å²) in [6.07, 6.45) is -5.52. The Morgan fingerprint density at radius 2 is 2.07 bits per heavy atom. The standard InChI is InChI=1S/C9H8F3NO2/c1-15-7-3-2-6(5-9(10,11)12)8(4-7)13-14/h2-4H,5H2,1H3. The minimum Gasteiger partial charge on any atom is -0.497 e. The van der Waals surface area contributed by atoms with Gasteiger partial charge in [-0.3, -0.25) is 0 Å². The Kier molecular flexibility index (Phi) is 3.28. The molecule has 15 heavy (non-hydrogen) atoms. The van der Waals surface area contributed by atoms with Gasteiger partial charge in [-0.25, -0.2) is 0 Å². The van der Waals surface area contributed by atoms with Crippen LogP contribution in [-0.4, -0.2) is 13.3 Å². The number of methoxy groups -OCH3 is 1. The maximum Gasteiger partial charge on any atom is 0.393 e. The third-order valence-electron chi connectivity index (χ3n) is 1.78. The highest BCUT2D eigenvalue weighted by Gasteiger charge is 2.29. The van der Waals surface area contributed by atoms with Gasteiger partial charge in [-0.2, -0.15) is 13.2 Å². The molecule has 0 amide bonds. The molecule has 0 radical (unpaired) electrons. The molecule has 0 heterocycles. The van der Waals surface area contributed by atoms with Crippen LogP contribution < -0.4 is 4.74 Å². The van der Waals surface area contributed by atoms with Crippen molar-refractivity contribution in [3.05, 3.63) is 28.7 Å². The van der Waals surface area contributed by atoms with E-state index in [1.54, 1.807) is 0 Å². The molecule has 1 aromatic carbocycles. The van der Waals surface area contributed by atoms with Gasteiger partial charge >= 0.3 is 6.18 Å². The fraction of sp³-hybridized carbons (Fsp3) is 0.333. The third kappa shape index (κ3) is 3.23. The topological polar surface area (TPSA) is 38.7 Å². The molecule has 0 fully saturated rings. The van der Waals surface area contributed by atoms with Gasteiger partial charge in [-0.15, -0.1) is 4.91 Å². The zero-order valence-corrected chi connectivity index (χ0v) is 7.84. The quantitative estimate of drug-likeness (QED) is 0.732. The van der Waals surface area contributed by atoms with Crippen molar-refractivity contribution < 1.29 is 17.9 Å². The first kappa shape index (κ1) is 11.5. The molecule has 0 N–H and O–H groups in total. The molecule has 1 aromatic rings. The van der Waals surface area contributed by atoms with E-state index < -0.39 is 12.6 Å². The van der Waals surface area contributed by atoms with Gasteiger partial charge in [0.2, 0.25) is 0 Å². The van der Waals surface area contributed by atoms with Crippen LogP contribution in [0.2, 0.25) is 0 Å². The van der Waals surface area contributed by atoms with Crippen molar-refractivity contribution >= 4 is 5.69 Å². The van der Waals surface area contributed by atoms with E-state index in [2.05, 4.69) is 5.18 Å². The van der Waals surface area contributed by atoms with Crippen molar-refractivity contribution in [2.45, 2.75) is 12.6 Å². The van der Waals surface area contributed by atoms with Crippen molar-refractivity contribution in [1.82, 2.24) is 0 Å². The van der Waals surface area contributed by atoms with Gasteiger partial charge in [0.05, 0.1) is 13.5 Å². The predicted molar refractivity (Wildman–Crippen MR) is 48.2 cm³/mol. The monoisotopic (exact) mass is 219 g/mol. The minimum absolute atomic E-state index is 0.154. The van der Waals surface area contributed by atoms with Gasteiger partial charge in [0.15, 0.2) is 0 Å². The van der Waals surface area contributed by atoms with Gasteiger partial charge in [0.25, 0.3) is 0 Å². The van der Waals surface area contributed by atoms with Crippen LogP contribution in [0.15, 0.2) is 23.4 Å². The Labute approximate surface area is 83.8 Å². The second-order valence-electron chi connectivity index (χ2n) is 2.88. The second kappa shape index (κ2) is 4.29. The SMILES string of the molecule is COc1ccc(CC(F)(F)F)c(N=O)c1. The lowest BCUT2D eigenvalue weighted by atomic mass is 10.1. The summed E-state index contributed by atoms with van der Waals surface area (Å²) in [7, 11) is 1.35. The summed E-state index contributed by atoms with van der Waals surface area (Å²) >= 11 is 0. The molecule has 82 valence electrons. The molecule has 0 spiro atoms. The zero-order chi connectivity index (χ0) is 11.5. The number of ether oxygens (including phenoxy) is 1. The van der Waals surface area contributed by atoms with Gasteiger partial charge < -0.3 is 4.74 Å². The maximum atomic E-state index is 12.1. The van der Waals surface area contributed by atoms with Gasteiger partial charge in [0, 0.05) is 6.07 Å². The van der Waals surface area contributed by atoms with Gasteiger partial charge in [-0.05, 0) is 16.8 Å². The van der Waals surface area contributed by atoms with E-state index in [-0.39, 0.29) is 11.3 Å². The molecule has 0 unspecified atom stereocenters. The lowest BCUT2D eigenvalue weighted by molar-refractivity contribution is -0.127. The molecule has 1 rings (SSSR count). The molecule has 0 saturated heterocycles. The Bertz CT molecular complexity index is 363. The van der Waals surface area contributed by atoms with Gasteiger partial charge in [0.1, 0.15) is 11.4 Å². The number of nitrogens with zero attached hydrogens (tertiary/aromatic N) is 1. The van der Waals surface area contributed by atoms with Crippen molar-refractivity contribution in [2.75, 3.05) is 7.11 Å². The Hall–Kier alpha value is -1.59. The van der Waals surface area contributed by atoms with Crippen LogP contribution in [0.4, 0.5) is 18.9 Å². The molecule has 0 aliphatic heterocycles. The smallest absolute Gasteiger partial charge is 0.393 e. The summed E-state index contributed by atoms with van der Waals surface area (Å²) in [5, 5.41) is 2.53. The van der Waals surface area contributed by atoms with Crippen molar-refractivity contribution in [1.29, 1.82) is 0 Å². The maximum absolute atomic E-state index is 12.1. The largest absolute Gasteiger partial charge is 0.497 e. The highest BCUT2D eigenvalue weighted by molar-refractivity contribution is 5.50. The van der Waals surface area contributed by atoms with E-state index in [1.165, 1.54) is 25.3 Å². The molecule has 0 aliphatic rings. The predicted octanol–water partition coefficient (Wildman–Crippen LogP) is 3.20.